The summed E-state index contributed by atoms with van der Waals surface area (Å²) in [5.41, 5.74) is -0.470. The lowest BCUT2D eigenvalue weighted by Gasteiger charge is -2.02. The molecule has 2 aromatic rings. The van der Waals surface area contributed by atoms with Gasteiger partial charge >= 0.3 is 0 Å². The van der Waals surface area contributed by atoms with Crippen molar-refractivity contribution in [1.29, 1.82) is 0 Å². The summed E-state index contributed by atoms with van der Waals surface area (Å²) in [7, 11) is 0. The summed E-state index contributed by atoms with van der Waals surface area (Å²) >= 11 is 4.39. The van der Waals surface area contributed by atoms with Crippen LogP contribution in [0.5, 0.6) is 0 Å². The van der Waals surface area contributed by atoms with Crippen LogP contribution in [0.15, 0.2) is 22.7 Å². The third-order valence-corrected chi connectivity index (χ3v) is 4.50. The minimum atomic E-state index is -1.63. The molecule has 0 unspecified atom stereocenters. The lowest BCUT2D eigenvalue weighted by atomic mass is 10.1. The quantitative estimate of drug-likeness (QED) is 0.585. The van der Waals surface area contributed by atoms with Crippen molar-refractivity contribution in [2.75, 3.05) is 0 Å². The van der Waals surface area contributed by atoms with Crippen LogP contribution in [0.4, 0.5) is 13.2 Å². The zero-order valence-electron chi connectivity index (χ0n) is 9.06. The SMILES string of the molecule is Cc1sc(C(=O)c2ccc(F)c(F)c2F)cc1Br. The number of aryl methyl sites for hydroxylation is 1. The van der Waals surface area contributed by atoms with E-state index in [1.807, 2.05) is 0 Å². The van der Waals surface area contributed by atoms with E-state index in [9.17, 15) is 18.0 Å². The molecule has 0 spiro atoms. The Labute approximate surface area is 113 Å². The largest absolute Gasteiger partial charge is 0.288 e. The normalized spacial score (nSPS) is 10.7. The van der Waals surface area contributed by atoms with Crippen molar-refractivity contribution in [3.63, 3.8) is 0 Å². The molecule has 1 heterocycles. The van der Waals surface area contributed by atoms with Crippen LogP contribution in [0.3, 0.4) is 0 Å². The molecule has 0 saturated carbocycles. The summed E-state index contributed by atoms with van der Waals surface area (Å²) in [5.74, 6) is -5.06. The highest BCUT2D eigenvalue weighted by Gasteiger charge is 2.21. The highest BCUT2D eigenvalue weighted by Crippen LogP contribution is 2.29. The Balaban J connectivity index is 2.50. The molecular weight excluding hydrogens is 329 g/mol. The van der Waals surface area contributed by atoms with E-state index in [1.165, 1.54) is 6.07 Å². The minimum absolute atomic E-state index is 0.268. The van der Waals surface area contributed by atoms with Crippen molar-refractivity contribution in [2.24, 2.45) is 0 Å². The third kappa shape index (κ3) is 2.22. The molecule has 1 aromatic carbocycles. The van der Waals surface area contributed by atoms with Gasteiger partial charge in [0.15, 0.2) is 17.5 Å². The monoisotopic (exact) mass is 334 g/mol. The molecule has 1 nitrogen and oxygen atoms in total. The van der Waals surface area contributed by atoms with E-state index >= 15 is 0 Å². The average molecular weight is 335 g/mol. The first-order chi connectivity index (χ1) is 8.41. The van der Waals surface area contributed by atoms with Gasteiger partial charge in [0.2, 0.25) is 5.78 Å². The van der Waals surface area contributed by atoms with E-state index < -0.39 is 28.8 Å². The van der Waals surface area contributed by atoms with Crippen LogP contribution in [-0.2, 0) is 0 Å². The molecule has 0 aliphatic rings. The number of thiophene rings is 1. The van der Waals surface area contributed by atoms with Crippen molar-refractivity contribution in [3.8, 4) is 0 Å². The van der Waals surface area contributed by atoms with Gasteiger partial charge in [0, 0.05) is 9.35 Å². The van der Waals surface area contributed by atoms with Gasteiger partial charge in [0.25, 0.3) is 0 Å². The molecule has 18 heavy (non-hydrogen) atoms. The molecule has 0 amide bonds. The Kier molecular flexibility index (Phi) is 3.59. The van der Waals surface area contributed by atoms with Crippen LogP contribution >= 0.6 is 27.3 Å². The van der Waals surface area contributed by atoms with Crippen LogP contribution < -0.4 is 0 Å². The lowest BCUT2D eigenvalue weighted by molar-refractivity contribution is 0.103. The van der Waals surface area contributed by atoms with E-state index in [4.69, 9.17) is 0 Å². The number of hydrogen-bond donors (Lipinski definition) is 0. The zero-order valence-corrected chi connectivity index (χ0v) is 11.5. The zero-order chi connectivity index (χ0) is 13.4. The number of benzene rings is 1. The summed E-state index contributed by atoms with van der Waals surface area (Å²) in [6, 6.07) is 3.21. The maximum absolute atomic E-state index is 13.5. The fraction of sp³-hybridized carbons (Fsp3) is 0.0833. The van der Waals surface area contributed by atoms with E-state index in [0.717, 1.165) is 32.8 Å². The number of hydrogen-bond acceptors (Lipinski definition) is 2. The van der Waals surface area contributed by atoms with Gasteiger partial charge in [-0.1, -0.05) is 0 Å². The molecule has 0 aliphatic carbocycles. The Morgan fingerprint density at radius 3 is 2.44 bits per heavy atom. The van der Waals surface area contributed by atoms with Gasteiger partial charge in [-0.3, -0.25) is 4.79 Å². The van der Waals surface area contributed by atoms with Gasteiger partial charge in [-0.15, -0.1) is 11.3 Å². The van der Waals surface area contributed by atoms with E-state index in [-0.39, 0.29) is 4.88 Å². The van der Waals surface area contributed by atoms with Crippen LogP contribution in [0.2, 0.25) is 0 Å². The molecule has 0 aliphatic heterocycles. The molecular formula is C12H6BrF3OS. The Hall–Kier alpha value is -1.14. The molecule has 1 aromatic heterocycles. The molecule has 6 heteroatoms. The third-order valence-electron chi connectivity index (χ3n) is 2.36. The first-order valence-electron chi connectivity index (χ1n) is 4.86. The second-order valence-electron chi connectivity index (χ2n) is 3.57. The first kappa shape index (κ1) is 13.3. The number of halogens is 4. The highest BCUT2D eigenvalue weighted by molar-refractivity contribution is 9.10. The fourth-order valence-electron chi connectivity index (χ4n) is 1.41. The summed E-state index contributed by atoms with van der Waals surface area (Å²) in [6.45, 7) is 1.78. The molecule has 2 rings (SSSR count). The molecule has 0 fully saturated rings. The van der Waals surface area contributed by atoms with Gasteiger partial charge in [0.1, 0.15) is 0 Å². The molecule has 94 valence electrons. The van der Waals surface area contributed by atoms with E-state index in [1.54, 1.807) is 6.92 Å². The molecule has 0 saturated heterocycles. The van der Waals surface area contributed by atoms with Crippen molar-refractivity contribution >= 4 is 33.0 Å². The number of rotatable bonds is 2. The highest BCUT2D eigenvalue weighted by atomic mass is 79.9. The topological polar surface area (TPSA) is 17.1 Å². The van der Waals surface area contributed by atoms with Crippen LogP contribution in [-0.4, -0.2) is 5.78 Å². The fourth-order valence-corrected chi connectivity index (χ4v) is 2.89. The van der Waals surface area contributed by atoms with Crippen LogP contribution in [0.25, 0.3) is 0 Å². The van der Waals surface area contributed by atoms with Crippen molar-refractivity contribution in [1.82, 2.24) is 0 Å². The minimum Gasteiger partial charge on any atom is -0.288 e. The van der Waals surface area contributed by atoms with E-state index in [2.05, 4.69) is 15.9 Å². The Morgan fingerprint density at radius 1 is 1.22 bits per heavy atom. The van der Waals surface area contributed by atoms with Gasteiger partial charge in [-0.2, -0.15) is 0 Å². The standard InChI is InChI=1S/C12H6BrF3OS/c1-5-7(13)4-9(18-5)12(17)6-2-3-8(14)11(16)10(6)15/h2-4H,1H3. The Morgan fingerprint density at radius 2 is 1.89 bits per heavy atom. The van der Waals surface area contributed by atoms with Crippen molar-refractivity contribution in [2.45, 2.75) is 6.92 Å². The number of carbonyl (C=O) groups is 1. The smallest absolute Gasteiger partial charge is 0.206 e. The predicted molar refractivity (Wildman–Crippen MR) is 66.5 cm³/mol. The summed E-state index contributed by atoms with van der Waals surface area (Å²) in [6.07, 6.45) is 0. The summed E-state index contributed by atoms with van der Waals surface area (Å²) < 4.78 is 40.0. The maximum Gasteiger partial charge on any atom is 0.206 e. The second-order valence-corrected chi connectivity index (χ2v) is 5.68. The lowest BCUT2D eigenvalue weighted by Crippen LogP contribution is -2.05. The van der Waals surface area contributed by atoms with Gasteiger partial charge in [-0.25, -0.2) is 13.2 Å². The van der Waals surface area contributed by atoms with Gasteiger partial charge < -0.3 is 0 Å². The van der Waals surface area contributed by atoms with Crippen molar-refractivity contribution in [3.05, 3.63) is 55.4 Å². The predicted octanol–water partition coefficient (Wildman–Crippen LogP) is 4.47. The van der Waals surface area contributed by atoms with E-state index in [0.29, 0.717) is 0 Å². The maximum atomic E-state index is 13.5. The van der Waals surface area contributed by atoms with Crippen LogP contribution in [0, 0.1) is 24.4 Å². The summed E-state index contributed by atoms with van der Waals surface area (Å²) in [5, 5.41) is 0. The summed E-state index contributed by atoms with van der Waals surface area (Å²) in [4.78, 5) is 13.1. The number of ketones is 1. The molecule has 0 atom stereocenters. The van der Waals surface area contributed by atoms with Gasteiger partial charge in [-0.05, 0) is 41.1 Å². The number of carbonyl (C=O) groups excluding carboxylic acids is 1. The van der Waals surface area contributed by atoms with Crippen molar-refractivity contribution < 1.29 is 18.0 Å². The second kappa shape index (κ2) is 4.85. The molecule has 0 bridgehead atoms. The Bertz CT molecular complexity index is 617. The molecule has 0 N–H and O–H groups in total. The first-order valence-corrected chi connectivity index (χ1v) is 6.47. The molecule has 0 radical (unpaired) electrons. The average Bonchev–Trinajstić information content (AvgIpc) is 2.66. The van der Waals surface area contributed by atoms with Crippen LogP contribution in [0.1, 0.15) is 20.1 Å². The van der Waals surface area contributed by atoms with Gasteiger partial charge in [0.05, 0.1) is 10.4 Å².